The number of amides is 1. The van der Waals surface area contributed by atoms with Gasteiger partial charge in [0.1, 0.15) is 5.58 Å². The third-order valence-electron chi connectivity index (χ3n) is 4.98. The Kier molecular flexibility index (Phi) is 4.27. The third-order valence-corrected chi connectivity index (χ3v) is 5.98. The lowest BCUT2D eigenvalue weighted by molar-refractivity contribution is 0.0971. The Morgan fingerprint density at radius 2 is 2.07 bits per heavy atom. The molecule has 0 spiro atoms. The molecule has 3 heterocycles. The first-order chi connectivity index (χ1) is 14.5. The molecule has 1 unspecified atom stereocenters. The lowest BCUT2D eigenvalue weighted by Gasteiger charge is -2.23. The van der Waals surface area contributed by atoms with Gasteiger partial charge in [0, 0.05) is 16.6 Å². The van der Waals surface area contributed by atoms with Gasteiger partial charge in [0.2, 0.25) is 5.76 Å². The van der Waals surface area contributed by atoms with E-state index < -0.39 is 11.9 Å². The largest absolute Gasteiger partial charge is 0.504 e. The van der Waals surface area contributed by atoms with E-state index >= 15 is 0 Å². The molecule has 7 nitrogen and oxygen atoms in total. The van der Waals surface area contributed by atoms with Gasteiger partial charge in [-0.1, -0.05) is 17.7 Å². The van der Waals surface area contributed by atoms with E-state index in [0.29, 0.717) is 15.7 Å². The summed E-state index contributed by atoms with van der Waals surface area (Å²) in [6, 6.07) is 8.56. The van der Waals surface area contributed by atoms with Gasteiger partial charge in [-0.2, -0.15) is 0 Å². The van der Waals surface area contributed by atoms with Crippen LogP contribution in [0.15, 0.2) is 57.2 Å². The molecule has 0 fully saturated rings. The maximum absolute atomic E-state index is 13.4. The summed E-state index contributed by atoms with van der Waals surface area (Å²) in [5.41, 5.74) is 0.691. The highest BCUT2D eigenvalue weighted by atomic mass is 35.5. The molecule has 4 aromatic rings. The fraction of sp³-hybridized carbons (Fsp3) is 0.0952. The summed E-state index contributed by atoms with van der Waals surface area (Å²) in [7, 11) is 1.43. The second-order valence-corrected chi connectivity index (χ2v) is 7.95. The molecule has 1 aliphatic heterocycles. The number of ether oxygens (including phenoxy) is 1. The normalized spacial score (nSPS) is 15.6. The van der Waals surface area contributed by atoms with Crippen LogP contribution in [-0.2, 0) is 0 Å². The number of carbonyl (C=O) groups is 1. The monoisotopic (exact) mass is 440 g/mol. The number of aromatic nitrogens is 1. The molecular weight excluding hydrogens is 428 g/mol. The van der Waals surface area contributed by atoms with Crippen molar-refractivity contribution in [2.45, 2.75) is 6.04 Å². The van der Waals surface area contributed by atoms with E-state index in [1.807, 2.05) is 0 Å². The number of benzene rings is 2. The van der Waals surface area contributed by atoms with E-state index in [0.717, 1.165) is 0 Å². The highest BCUT2D eigenvalue weighted by molar-refractivity contribution is 7.13. The SMILES string of the molecule is COc1cc(C2c3c(oc4ccc(Cl)cc4c3=O)C(=O)N2c2nccs2)ccc1O. The molecular formula is C21H13ClN2O5S. The molecule has 2 aromatic heterocycles. The van der Waals surface area contributed by atoms with Gasteiger partial charge in [-0.3, -0.25) is 14.5 Å². The first-order valence-electron chi connectivity index (χ1n) is 8.86. The zero-order valence-corrected chi connectivity index (χ0v) is 17.0. The standard InChI is InChI=1S/C21H13ClN2O5S/c1-28-15-8-10(2-4-13(15)25)17-16-18(26)12-9-11(22)3-5-14(12)29-19(16)20(27)24(17)21-23-6-7-30-21/h2-9,17,25H,1H3. The number of rotatable bonds is 3. The van der Waals surface area contributed by atoms with E-state index in [1.165, 1.54) is 35.5 Å². The van der Waals surface area contributed by atoms with Crippen LogP contribution in [0.1, 0.15) is 27.7 Å². The minimum atomic E-state index is -0.798. The Morgan fingerprint density at radius 1 is 1.23 bits per heavy atom. The van der Waals surface area contributed by atoms with Crippen LogP contribution in [0.2, 0.25) is 5.02 Å². The van der Waals surface area contributed by atoms with Crippen molar-refractivity contribution in [2.75, 3.05) is 12.0 Å². The van der Waals surface area contributed by atoms with Gasteiger partial charge in [-0.15, -0.1) is 11.3 Å². The van der Waals surface area contributed by atoms with Crippen LogP contribution in [0, 0.1) is 0 Å². The summed E-state index contributed by atoms with van der Waals surface area (Å²) in [6.45, 7) is 0. The number of methoxy groups -OCH3 is 1. The summed E-state index contributed by atoms with van der Waals surface area (Å²) in [6.07, 6.45) is 1.58. The van der Waals surface area contributed by atoms with Gasteiger partial charge in [-0.25, -0.2) is 4.98 Å². The minimum absolute atomic E-state index is 0.0398. The van der Waals surface area contributed by atoms with E-state index in [4.69, 9.17) is 20.8 Å². The van der Waals surface area contributed by atoms with Crippen molar-refractivity contribution in [1.29, 1.82) is 0 Å². The van der Waals surface area contributed by atoms with Crippen LogP contribution in [0.4, 0.5) is 5.13 Å². The lowest BCUT2D eigenvalue weighted by atomic mass is 9.98. The zero-order chi connectivity index (χ0) is 21.0. The predicted molar refractivity (Wildman–Crippen MR) is 113 cm³/mol. The second-order valence-electron chi connectivity index (χ2n) is 6.64. The van der Waals surface area contributed by atoms with E-state index in [-0.39, 0.29) is 39.2 Å². The van der Waals surface area contributed by atoms with Crippen molar-refractivity contribution in [3.05, 3.63) is 80.1 Å². The summed E-state index contributed by atoms with van der Waals surface area (Å²) in [5, 5.41) is 12.8. The van der Waals surface area contributed by atoms with Gasteiger partial charge >= 0.3 is 0 Å². The topological polar surface area (TPSA) is 92.9 Å². The maximum Gasteiger partial charge on any atom is 0.297 e. The first-order valence-corrected chi connectivity index (χ1v) is 10.1. The molecule has 2 aromatic carbocycles. The zero-order valence-electron chi connectivity index (χ0n) is 15.5. The number of aromatic hydroxyl groups is 1. The number of hydrogen-bond acceptors (Lipinski definition) is 7. The molecule has 1 atom stereocenters. The molecule has 5 rings (SSSR count). The molecule has 0 aliphatic carbocycles. The molecule has 1 N–H and O–H groups in total. The van der Waals surface area contributed by atoms with E-state index in [9.17, 15) is 14.7 Å². The second kappa shape index (κ2) is 6.86. The van der Waals surface area contributed by atoms with Crippen LogP contribution >= 0.6 is 22.9 Å². The Labute approximate surface area is 178 Å². The highest BCUT2D eigenvalue weighted by Gasteiger charge is 2.45. The maximum atomic E-state index is 13.4. The third kappa shape index (κ3) is 2.68. The van der Waals surface area contributed by atoms with Crippen molar-refractivity contribution in [2.24, 2.45) is 0 Å². The van der Waals surface area contributed by atoms with Crippen LogP contribution in [0.25, 0.3) is 11.0 Å². The first kappa shape index (κ1) is 18.7. The molecule has 0 bridgehead atoms. The molecule has 1 amide bonds. The number of phenolic OH excluding ortho intramolecular Hbond substituents is 1. The fourth-order valence-corrected chi connectivity index (χ4v) is 4.50. The van der Waals surface area contributed by atoms with Crippen LogP contribution < -0.4 is 15.1 Å². The Bertz CT molecular complexity index is 1370. The number of hydrogen-bond donors (Lipinski definition) is 1. The number of phenols is 1. The fourth-order valence-electron chi connectivity index (χ4n) is 3.66. The highest BCUT2D eigenvalue weighted by Crippen LogP contribution is 2.43. The Morgan fingerprint density at radius 3 is 2.80 bits per heavy atom. The van der Waals surface area contributed by atoms with E-state index in [1.54, 1.807) is 35.8 Å². The van der Waals surface area contributed by atoms with Gasteiger partial charge in [-0.05, 0) is 35.9 Å². The quantitative estimate of drug-likeness (QED) is 0.508. The minimum Gasteiger partial charge on any atom is -0.504 e. The number of nitrogens with zero attached hydrogens (tertiary/aromatic N) is 2. The molecule has 0 saturated carbocycles. The summed E-state index contributed by atoms with van der Waals surface area (Å²) >= 11 is 7.35. The van der Waals surface area contributed by atoms with E-state index in [2.05, 4.69) is 4.98 Å². The van der Waals surface area contributed by atoms with Gasteiger partial charge in [0.15, 0.2) is 22.1 Å². The number of fused-ring (bicyclic) bond motifs is 2. The van der Waals surface area contributed by atoms with Gasteiger partial charge in [0.25, 0.3) is 5.91 Å². The van der Waals surface area contributed by atoms with Crippen molar-refractivity contribution in [3.63, 3.8) is 0 Å². The average molecular weight is 441 g/mol. The summed E-state index contributed by atoms with van der Waals surface area (Å²) in [5.74, 6) is -0.336. The van der Waals surface area contributed by atoms with Crippen molar-refractivity contribution in [1.82, 2.24) is 4.98 Å². The predicted octanol–water partition coefficient (Wildman–Crippen LogP) is 4.37. The van der Waals surface area contributed by atoms with Crippen LogP contribution in [-0.4, -0.2) is 23.1 Å². The Balaban J connectivity index is 1.83. The number of thiazole rings is 1. The summed E-state index contributed by atoms with van der Waals surface area (Å²) in [4.78, 5) is 32.4. The molecule has 30 heavy (non-hydrogen) atoms. The van der Waals surface area contributed by atoms with Crippen molar-refractivity contribution < 1.29 is 19.1 Å². The van der Waals surface area contributed by atoms with Crippen LogP contribution in [0.3, 0.4) is 0 Å². The smallest absolute Gasteiger partial charge is 0.297 e. The number of anilines is 1. The molecule has 1 aliphatic rings. The molecule has 0 radical (unpaired) electrons. The average Bonchev–Trinajstić information content (AvgIpc) is 3.36. The molecule has 9 heteroatoms. The number of halogens is 1. The van der Waals surface area contributed by atoms with Crippen molar-refractivity contribution >= 4 is 44.9 Å². The Hall–Kier alpha value is -3.36. The lowest BCUT2D eigenvalue weighted by Crippen LogP contribution is -2.29. The van der Waals surface area contributed by atoms with Gasteiger partial charge < -0.3 is 14.3 Å². The molecule has 0 saturated heterocycles. The summed E-state index contributed by atoms with van der Waals surface area (Å²) < 4.78 is 11.1. The van der Waals surface area contributed by atoms with Crippen LogP contribution in [0.5, 0.6) is 11.5 Å². The van der Waals surface area contributed by atoms with Gasteiger partial charge in [0.05, 0.1) is 24.1 Å². The molecule has 150 valence electrons. The number of carbonyl (C=O) groups excluding carboxylic acids is 1. The van der Waals surface area contributed by atoms with Crippen molar-refractivity contribution in [3.8, 4) is 11.5 Å².